The Bertz CT molecular complexity index is 903. The van der Waals surface area contributed by atoms with Crippen molar-refractivity contribution in [2.24, 2.45) is 7.05 Å². The van der Waals surface area contributed by atoms with Crippen LogP contribution in [0.15, 0.2) is 30.3 Å². The number of aromatic nitrogens is 4. The third kappa shape index (κ3) is 3.33. The molecule has 0 radical (unpaired) electrons. The molecule has 6 nitrogen and oxygen atoms in total. The maximum atomic E-state index is 12.4. The van der Waals surface area contributed by atoms with Gasteiger partial charge < -0.3 is 5.32 Å². The molecule has 2 N–H and O–H groups in total. The molecule has 0 bridgehead atoms. The second kappa shape index (κ2) is 6.55. The van der Waals surface area contributed by atoms with Crippen LogP contribution >= 0.6 is 0 Å². The first-order chi connectivity index (χ1) is 11.9. The Morgan fingerprint density at radius 1 is 1.20 bits per heavy atom. The van der Waals surface area contributed by atoms with Crippen LogP contribution in [0.1, 0.15) is 47.2 Å². The van der Waals surface area contributed by atoms with Crippen molar-refractivity contribution in [2.45, 2.75) is 33.6 Å². The number of hydrogen-bond donors (Lipinski definition) is 2. The van der Waals surface area contributed by atoms with Crippen LogP contribution in [0.3, 0.4) is 0 Å². The van der Waals surface area contributed by atoms with Gasteiger partial charge in [0, 0.05) is 24.0 Å². The van der Waals surface area contributed by atoms with Gasteiger partial charge in [0.25, 0.3) is 5.91 Å². The summed E-state index contributed by atoms with van der Waals surface area (Å²) in [5.41, 5.74) is 6.01. The van der Waals surface area contributed by atoms with Gasteiger partial charge >= 0.3 is 0 Å². The van der Waals surface area contributed by atoms with Crippen LogP contribution in [0.4, 0.5) is 5.69 Å². The summed E-state index contributed by atoms with van der Waals surface area (Å²) in [5, 5.41) is 14.4. The number of rotatable bonds is 4. The van der Waals surface area contributed by atoms with Gasteiger partial charge in [0.1, 0.15) is 5.69 Å². The molecule has 3 aromatic rings. The van der Waals surface area contributed by atoms with E-state index in [-0.39, 0.29) is 5.91 Å². The average Bonchev–Trinajstić information content (AvgIpc) is 3.13. The zero-order chi connectivity index (χ0) is 18.1. The number of aromatic amines is 1. The van der Waals surface area contributed by atoms with Crippen LogP contribution in [-0.4, -0.2) is 25.9 Å². The Labute approximate surface area is 147 Å². The molecule has 0 saturated carbocycles. The highest BCUT2D eigenvalue weighted by molar-refractivity contribution is 6.03. The van der Waals surface area contributed by atoms with Crippen LogP contribution in [0.2, 0.25) is 0 Å². The van der Waals surface area contributed by atoms with E-state index in [9.17, 15) is 4.79 Å². The van der Waals surface area contributed by atoms with E-state index in [2.05, 4.69) is 34.5 Å². The second-order valence-electron chi connectivity index (χ2n) is 6.57. The van der Waals surface area contributed by atoms with Gasteiger partial charge in [-0.25, -0.2) is 0 Å². The summed E-state index contributed by atoms with van der Waals surface area (Å²) in [7, 11) is 1.90. The minimum atomic E-state index is -0.213. The normalized spacial score (nSPS) is 11.1. The van der Waals surface area contributed by atoms with Crippen LogP contribution in [0.25, 0.3) is 11.3 Å². The van der Waals surface area contributed by atoms with E-state index in [0.29, 0.717) is 11.6 Å². The Balaban J connectivity index is 1.79. The molecule has 0 fully saturated rings. The number of hydrogen-bond acceptors (Lipinski definition) is 3. The Morgan fingerprint density at radius 3 is 2.44 bits per heavy atom. The number of benzene rings is 1. The minimum absolute atomic E-state index is 0.213. The summed E-state index contributed by atoms with van der Waals surface area (Å²) in [5.74, 6) is 0.251. The zero-order valence-corrected chi connectivity index (χ0v) is 15.2. The van der Waals surface area contributed by atoms with E-state index >= 15 is 0 Å². The summed E-state index contributed by atoms with van der Waals surface area (Å²) in [6.45, 7) is 8.21. The maximum Gasteiger partial charge on any atom is 0.273 e. The van der Waals surface area contributed by atoms with Crippen LogP contribution < -0.4 is 5.32 Å². The van der Waals surface area contributed by atoms with Crippen molar-refractivity contribution >= 4 is 11.6 Å². The molecule has 0 spiro atoms. The molecule has 1 amide bonds. The molecule has 0 unspecified atom stereocenters. The molecular formula is C19H23N5O. The average molecular weight is 337 g/mol. The molecule has 25 heavy (non-hydrogen) atoms. The number of nitrogens with zero attached hydrogens (tertiary/aromatic N) is 3. The number of anilines is 1. The zero-order valence-electron chi connectivity index (χ0n) is 15.2. The first-order valence-corrected chi connectivity index (χ1v) is 8.34. The summed E-state index contributed by atoms with van der Waals surface area (Å²) < 4.78 is 1.81. The lowest BCUT2D eigenvalue weighted by molar-refractivity contribution is 0.102. The Hall–Kier alpha value is -2.89. The first-order valence-electron chi connectivity index (χ1n) is 8.34. The van der Waals surface area contributed by atoms with Crippen LogP contribution in [-0.2, 0) is 7.05 Å². The standard InChI is InChI=1S/C19H23N5O/c1-11(2)14-6-8-15(9-7-14)20-19(25)17-10-16(21-22-17)18-12(3)23-24(5)13(18)4/h6-11H,1-5H3,(H,20,25)(H,21,22). The van der Waals surface area contributed by atoms with Gasteiger partial charge in [-0.1, -0.05) is 26.0 Å². The molecule has 0 atom stereocenters. The van der Waals surface area contributed by atoms with Crippen molar-refractivity contribution in [3.05, 3.63) is 53.0 Å². The van der Waals surface area contributed by atoms with E-state index in [1.165, 1.54) is 5.56 Å². The number of nitrogens with one attached hydrogen (secondary N) is 2. The lowest BCUT2D eigenvalue weighted by Gasteiger charge is -2.07. The lowest BCUT2D eigenvalue weighted by Crippen LogP contribution is -2.12. The first kappa shape index (κ1) is 17.0. The SMILES string of the molecule is Cc1nn(C)c(C)c1-c1cc(C(=O)Nc2ccc(C(C)C)cc2)[nH]n1. The van der Waals surface area contributed by atoms with E-state index in [4.69, 9.17) is 0 Å². The molecule has 3 rings (SSSR count). The van der Waals surface area contributed by atoms with Crippen molar-refractivity contribution in [1.29, 1.82) is 0 Å². The molecule has 6 heteroatoms. The Morgan fingerprint density at radius 2 is 1.88 bits per heavy atom. The lowest BCUT2D eigenvalue weighted by atomic mass is 10.0. The monoisotopic (exact) mass is 337 g/mol. The van der Waals surface area contributed by atoms with E-state index in [1.54, 1.807) is 6.07 Å². The molecule has 0 aliphatic heterocycles. The predicted octanol–water partition coefficient (Wildman–Crippen LogP) is 3.80. The smallest absolute Gasteiger partial charge is 0.273 e. The molecule has 130 valence electrons. The topological polar surface area (TPSA) is 75.6 Å². The summed E-state index contributed by atoms with van der Waals surface area (Å²) >= 11 is 0. The highest BCUT2D eigenvalue weighted by atomic mass is 16.1. The predicted molar refractivity (Wildman–Crippen MR) is 98.7 cm³/mol. The summed E-state index contributed by atoms with van der Waals surface area (Å²) in [6, 6.07) is 9.65. The highest BCUT2D eigenvalue weighted by Crippen LogP contribution is 2.25. The van der Waals surface area contributed by atoms with Crippen molar-refractivity contribution in [3.63, 3.8) is 0 Å². The molecular weight excluding hydrogens is 314 g/mol. The molecule has 1 aromatic carbocycles. The fourth-order valence-electron chi connectivity index (χ4n) is 2.86. The van der Waals surface area contributed by atoms with Gasteiger partial charge in [0.2, 0.25) is 0 Å². The van der Waals surface area contributed by atoms with Crippen LogP contribution in [0, 0.1) is 13.8 Å². The fraction of sp³-hybridized carbons (Fsp3) is 0.316. The van der Waals surface area contributed by atoms with Gasteiger partial charge in [-0.2, -0.15) is 10.2 Å². The number of amides is 1. The largest absolute Gasteiger partial charge is 0.321 e. The highest BCUT2D eigenvalue weighted by Gasteiger charge is 2.17. The van der Waals surface area contributed by atoms with Crippen molar-refractivity contribution in [3.8, 4) is 11.3 Å². The number of H-pyrrole nitrogens is 1. The van der Waals surface area contributed by atoms with Crippen molar-refractivity contribution < 1.29 is 4.79 Å². The second-order valence-corrected chi connectivity index (χ2v) is 6.57. The van der Waals surface area contributed by atoms with Gasteiger partial charge in [-0.15, -0.1) is 0 Å². The fourth-order valence-corrected chi connectivity index (χ4v) is 2.86. The number of aryl methyl sites for hydroxylation is 2. The van der Waals surface area contributed by atoms with Crippen molar-refractivity contribution in [2.75, 3.05) is 5.32 Å². The van der Waals surface area contributed by atoms with Crippen molar-refractivity contribution in [1.82, 2.24) is 20.0 Å². The van der Waals surface area contributed by atoms with Gasteiger partial charge in [-0.05, 0) is 43.5 Å². The quantitative estimate of drug-likeness (QED) is 0.760. The molecule has 0 saturated heterocycles. The van der Waals surface area contributed by atoms with Gasteiger partial charge in [0.15, 0.2) is 0 Å². The molecule has 2 heterocycles. The Kier molecular flexibility index (Phi) is 4.44. The molecule has 2 aromatic heterocycles. The van der Waals surface area contributed by atoms with E-state index in [1.807, 2.05) is 49.8 Å². The third-order valence-electron chi connectivity index (χ3n) is 4.42. The van der Waals surface area contributed by atoms with E-state index in [0.717, 1.165) is 28.3 Å². The van der Waals surface area contributed by atoms with E-state index < -0.39 is 0 Å². The third-order valence-corrected chi connectivity index (χ3v) is 4.42. The minimum Gasteiger partial charge on any atom is -0.321 e. The van der Waals surface area contributed by atoms with Gasteiger partial charge in [-0.3, -0.25) is 14.6 Å². The number of carbonyl (C=O) groups is 1. The van der Waals surface area contributed by atoms with Crippen LogP contribution in [0.5, 0.6) is 0 Å². The maximum absolute atomic E-state index is 12.4. The van der Waals surface area contributed by atoms with Gasteiger partial charge in [0.05, 0.1) is 11.4 Å². The molecule has 0 aliphatic rings. The molecule has 0 aliphatic carbocycles. The summed E-state index contributed by atoms with van der Waals surface area (Å²) in [6.07, 6.45) is 0. The number of carbonyl (C=O) groups excluding carboxylic acids is 1. The summed E-state index contributed by atoms with van der Waals surface area (Å²) in [4.78, 5) is 12.4.